The van der Waals surface area contributed by atoms with Crippen molar-refractivity contribution in [1.82, 2.24) is 0 Å². The van der Waals surface area contributed by atoms with Gasteiger partial charge in [-0.25, -0.2) is 0 Å². The van der Waals surface area contributed by atoms with Gasteiger partial charge in [0.05, 0.1) is 0 Å². The number of hydrogen-bond acceptors (Lipinski definition) is 1. The largest absolute Gasteiger partial charge is 0.339 e. The molecular formula is C4H6Br2O. The Balaban J connectivity index is 2.59. The van der Waals surface area contributed by atoms with Crippen LogP contribution in [0.25, 0.3) is 0 Å². The molecule has 3 heteroatoms. The predicted molar refractivity (Wildman–Crippen MR) is 35.7 cm³/mol. The minimum Gasteiger partial charge on any atom is -0.339 e. The Morgan fingerprint density at radius 2 is 1.29 bits per heavy atom. The second-order valence-corrected chi connectivity index (χ2v) is 4.96. The Bertz CT molecular complexity index is 85.9. The average Bonchev–Trinajstić information content (AvgIpc) is 1.63. The van der Waals surface area contributed by atoms with E-state index in [1.807, 2.05) is 13.8 Å². The summed E-state index contributed by atoms with van der Waals surface area (Å²) in [4.78, 5) is 0. The van der Waals surface area contributed by atoms with E-state index in [-0.39, 0.29) is 9.02 Å². The lowest BCUT2D eigenvalue weighted by Crippen LogP contribution is -2.02. The lowest BCUT2D eigenvalue weighted by molar-refractivity contribution is 0.366. The molecule has 1 nitrogen and oxygen atoms in total. The highest BCUT2D eigenvalue weighted by Gasteiger charge is 2.60. The van der Waals surface area contributed by atoms with E-state index in [4.69, 9.17) is 4.74 Å². The van der Waals surface area contributed by atoms with E-state index in [9.17, 15) is 0 Å². The van der Waals surface area contributed by atoms with Crippen LogP contribution in [0.2, 0.25) is 0 Å². The zero-order valence-corrected chi connectivity index (χ0v) is 7.34. The minimum absolute atomic E-state index is 0.125. The molecule has 0 N–H and O–H groups in total. The van der Waals surface area contributed by atoms with Gasteiger partial charge in [0.15, 0.2) is 9.02 Å². The molecule has 42 valence electrons. The fraction of sp³-hybridized carbons (Fsp3) is 1.00. The molecule has 1 saturated heterocycles. The highest BCUT2D eigenvalue weighted by atomic mass is 79.9. The second kappa shape index (κ2) is 1.25. The van der Waals surface area contributed by atoms with Gasteiger partial charge in [-0.05, 0) is 13.8 Å². The highest BCUT2D eigenvalue weighted by molar-refractivity contribution is 9.13. The molecule has 0 saturated carbocycles. The Labute approximate surface area is 59.7 Å². The van der Waals surface area contributed by atoms with Gasteiger partial charge >= 0.3 is 0 Å². The summed E-state index contributed by atoms with van der Waals surface area (Å²) in [7, 11) is 0. The van der Waals surface area contributed by atoms with E-state index in [2.05, 4.69) is 31.9 Å². The van der Waals surface area contributed by atoms with Crippen LogP contribution in [0.4, 0.5) is 0 Å². The van der Waals surface area contributed by atoms with Gasteiger partial charge < -0.3 is 4.74 Å². The van der Waals surface area contributed by atoms with E-state index >= 15 is 0 Å². The summed E-state index contributed by atoms with van der Waals surface area (Å²) in [5, 5.41) is 0. The third-order valence-corrected chi connectivity index (χ3v) is 3.51. The minimum atomic E-state index is -0.125. The Hall–Kier alpha value is 0.920. The second-order valence-electron chi connectivity index (χ2n) is 1.94. The van der Waals surface area contributed by atoms with Gasteiger partial charge in [-0.2, -0.15) is 0 Å². The van der Waals surface area contributed by atoms with Crippen molar-refractivity contribution in [3.63, 3.8) is 0 Å². The van der Waals surface area contributed by atoms with Crippen molar-refractivity contribution in [2.24, 2.45) is 0 Å². The Morgan fingerprint density at radius 3 is 1.29 bits per heavy atom. The SMILES string of the molecule is C[C@]1(Br)O[C@]1(C)Br. The van der Waals surface area contributed by atoms with Crippen LogP contribution in [-0.2, 0) is 4.74 Å². The van der Waals surface area contributed by atoms with Gasteiger partial charge in [0.25, 0.3) is 0 Å². The van der Waals surface area contributed by atoms with Gasteiger partial charge in [0.1, 0.15) is 0 Å². The number of rotatable bonds is 0. The van der Waals surface area contributed by atoms with Gasteiger partial charge in [0.2, 0.25) is 0 Å². The smallest absolute Gasteiger partial charge is 0.160 e. The van der Waals surface area contributed by atoms with Crippen LogP contribution in [0.3, 0.4) is 0 Å². The maximum atomic E-state index is 5.12. The molecule has 0 aromatic rings. The molecule has 0 unspecified atom stereocenters. The van der Waals surface area contributed by atoms with E-state index in [1.165, 1.54) is 0 Å². The molecule has 0 bridgehead atoms. The summed E-state index contributed by atoms with van der Waals surface area (Å²) in [5.41, 5.74) is 0. The van der Waals surface area contributed by atoms with Gasteiger partial charge in [-0.1, -0.05) is 31.9 Å². The van der Waals surface area contributed by atoms with Crippen LogP contribution in [0.15, 0.2) is 0 Å². The van der Waals surface area contributed by atoms with Crippen LogP contribution in [0.5, 0.6) is 0 Å². The van der Waals surface area contributed by atoms with Crippen LogP contribution >= 0.6 is 31.9 Å². The van der Waals surface area contributed by atoms with Crippen molar-refractivity contribution < 1.29 is 4.74 Å². The van der Waals surface area contributed by atoms with Crippen LogP contribution in [-0.4, -0.2) is 9.02 Å². The fourth-order valence-corrected chi connectivity index (χ4v) is 1.20. The summed E-state index contributed by atoms with van der Waals surface area (Å²) < 4.78 is 4.88. The molecule has 0 aromatic heterocycles. The molecule has 0 amide bonds. The van der Waals surface area contributed by atoms with Gasteiger partial charge in [-0.15, -0.1) is 0 Å². The van der Waals surface area contributed by atoms with E-state index in [0.29, 0.717) is 0 Å². The van der Waals surface area contributed by atoms with Crippen LogP contribution in [0, 0.1) is 0 Å². The van der Waals surface area contributed by atoms with Gasteiger partial charge in [-0.3, -0.25) is 0 Å². The first kappa shape index (κ1) is 6.05. The molecule has 2 atom stereocenters. The van der Waals surface area contributed by atoms with Crippen molar-refractivity contribution in [2.45, 2.75) is 22.9 Å². The third kappa shape index (κ3) is 0.864. The molecule has 1 aliphatic heterocycles. The summed E-state index contributed by atoms with van der Waals surface area (Å²) in [6.07, 6.45) is 0. The van der Waals surface area contributed by atoms with Gasteiger partial charge in [0, 0.05) is 0 Å². The first-order chi connectivity index (χ1) is 2.96. The molecule has 0 radical (unpaired) electrons. The highest BCUT2D eigenvalue weighted by Crippen LogP contribution is 2.56. The van der Waals surface area contributed by atoms with Crippen LogP contribution in [0.1, 0.15) is 13.8 Å². The predicted octanol–water partition coefficient (Wildman–Crippen LogP) is 2.24. The molecule has 0 aliphatic carbocycles. The molecule has 1 aliphatic rings. The molecule has 0 spiro atoms. The van der Waals surface area contributed by atoms with Crippen molar-refractivity contribution in [3.05, 3.63) is 0 Å². The van der Waals surface area contributed by atoms with E-state index in [1.54, 1.807) is 0 Å². The first-order valence-corrected chi connectivity index (χ1v) is 3.62. The van der Waals surface area contributed by atoms with Crippen molar-refractivity contribution in [3.8, 4) is 0 Å². The lowest BCUT2D eigenvalue weighted by atomic mass is 10.4. The number of alkyl halides is 2. The van der Waals surface area contributed by atoms with E-state index < -0.39 is 0 Å². The maximum absolute atomic E-state index is 5.12. The summed E-state index contributed by atoms with van der Waals surface area (Å²) >= 11 is 6.68. The summed E-state index contributed by atoms with van der Waals surface area (Å²) in [6, 6.07) is 0. The number of halogens is 2. The Kier molecular flexibility index (Phi) is 1.08. The number of epoxide rings is 1. The number of hydrogen-bond donors (Lipinski definition) is 0. The molecule has 0 aromatic carbocycles. The zero-order valence-electron chi connectivity index (χ0n) is 4.16. The standard InChI is InChI=1S/C4H6Br2O/c1-3(5)4(2,6)7-3/h1-2H3/t3-,4-/m0/s1. The summed E-state index contributed by atoms with van der Waals surface area (Å²) in [5.74, 6) is 0. The molecule has 1 heterocycles. The maximum Gasteiger partial charge on any atom is 0.160 e. The average molecular weight is 230 g/mol. The van der Waals surface area contributed by atoms with Crippen molar-refractivity contribution in [1.29, 1.82) is 0 Å². The van der Waals surface area contributed by atoms with Crippen LogP contribution < -0.4 is 0 Å². The normalized spacial score (nSPS) is 60.0. The monoisotopic (exact) mass is 228 g/mol. The fourth-order valence-electron chi connectivity index (χ4n) is 0.334. The van der Waals surface area contributed by atoms with Crippen molar-refractivity contribution in [2.75, 3.05) is 0 Å². The Morgan fingerprint density at radius 1 is 1.14 bits per heavy atom. The topological polar surface area (TPSA) is 12.5 Å². The quantitative estimate of drug-likeness (QED) is 0.459. The molecule has 7 heavy (non-hydrogen) atoms. The first-order valence-electron chi connectivity index (χ1n) is 2.04. The molecule has 1 rings (SSSR count). The molecule has 1 fully saturated rings. The third-order valence-electron chi connectivity index (χ3n) is 1.14. The van der Waals surface area contributed by atoms with Crippen molar-refractivity contribution >= 4 is 31.9 Å². The van der Waals surface area contributed by atoms with E-state index in [0.717, 1.165) is 0 Å². The zero-order chi connectivity index (χ0) is 5.71. The summed E-state index contributed by atoms with van der Waals surface area (Å²) in [6.45, 7) is 3.95. The lowest BCUT2D eigenvalue weighted by Gasteiger charge is -1.91. The molecular weight excluding hydrogens is 224 g/mol. The number of ether oxygens (including phenoxy) is 1.